The number of allylic oxidation sites excluding steroid dienone is 2. The molecular weight excluding hydrogens is 332 g/mol. The van der Waals surface area contributed by atoms with E-state index in [0.717, 1.165) is 5.69 Å². The molecule has 0 radical (unpaired) electrons. The zero-order chi connectivity index (χ0) is 19.4. The number of ketones is 2. The summed E-state index contributed by atoms with van der Waals surface area (Å²) in [4.78, 5) is 30.0. The van der Waals surface area contributed by atoms with Gasteiger partial charge in [0.05, 0.1) is 29.2 Å². The lowest BCUT2D eigenvalue weighted by atomic mass is 10.1. The third-order valence-electron chi connectivity index (χ3n) is 4.24. The summed E-state index contributed by atoms with van der Waals surface area (Å²) in [6.07, 6.45) is 1.51. The van der Waals surface area contributed by atoms with Gasteiger partial charge in [-0.1, -0.05) is 0 Å². The van der Waals surface area contributed by atoms with E-state index in [1.165, 1.54) is 27.0 Å². The number of hydrogen-bond donors (Lipinski definition) is 1. The van der Waals surface area contributed by atoms with Crippen LogP contribution in [0.5, 0.6) is 0 Å². The van der Waals surface area contributed by atoms with E-state index in [-0.39, 0.29) is 35.1 Å². The summed E-state index contributed by atoms with van der Waals surface area (Å²) in [6.45, 7) is 9.77. The largest absolute Gasteiger partial charge is 0.512 e. The number of aliphatic hydroxyl groups is 1. The molecule has 1 aliphatic heterocycles. The van der Waals surface area contributed by atoms with Crippen LogP contribution >= 0.6 is 0 Å². The number of nitrogens with zero attached hydrogens (tertiary/aromatic N) is 2. The Labute approximate surface area is 154 Å². The first-order valence-corrected chi connectivity index (χ1v) is 8.69. The first-order valence-electron chi connectivity index (χ1n) is 8.69. The highest BCUT2D eigenvalue weighted by Gasteiger charge is 2.24. The molecule has 1 saturated heterocycles. The minimum absolute atomic E-state index is 0.0580. The Bertz CT molecular complexity index is 753. The van der Waals surface area contributed by atoms with E-state index in [9.17, 15) is 14.7 Å². The number of carbonyl (C=O) groups excluding carboxylic acids is 2. The highest BCUT2D eigenvalue weighted by molar-refractivity contribution is 6.13. The fourth-order valence-corrected chi connectivity index (χ4v) is 3.06. The van der Waals surface area contributed by atoms with Gasteiger partial charge in [0, 0.05) is 24.9 Å². The van der Waals surface area contributed by atoms with Crippen molar-refractivity contribution in [2.24, 2.45) is 4.99 Å². The average Bonchev–Trinajstić information content (AvgIpc) is 2.53. The summed E-state index contributed by atoms with van der Waals surface area (Å²) in [5.41, 5.74) is 2.14. The van der Waals surface area contributed by atoms with E-state index < -0.39 is 0 Å². The quantitative estimate of drug-likeness (QED) is 0.376. The van der Waals surface area contributed by atoms with Gasteiger partial charge < -0.3 is 14.7 Å². The highest BCUT2D eigenvalue weighted by atomic mass is 16.5. The summed E-state index contributed by atoms with van der Waals surface area (Å²) in [5, 5.41) is 9.68. The minimum Gasteiger partial charge on any atom is -0.512 e. The number of Topliss-reactive ketones (excluding diaryl/α,β-unsaturated/α-hetero) is 2. The average molecular weight is 358 g/mol. The maximum Gasteiger partial charge on any atom is 0.164 e. The van der Waals surface area contributed by atoms with Crippen molar-refractivity contribution >= 4 is 29.2 Å². The Morgan fingerprint density at radius 2 is 1.81 bits per heavy atom. The summed E-state index contributed by atoms with van der Waals surface area (Å²) in [7, 11) is 0. The number of ether oxygens (including phenoxy) is 1. The first kappa shape index (κ1) is 19.8. The van der Waals surface area contributed by atoms with Crippen molar-refractivity contribution in [3.05, 3.63) is 35.1 Å². The Morgan fingerprint density at radius 3 is 2.31 bits per heavy atom. The molecule has 1 N–H and O–H groups in total. The van der Waals surface area contributed by atoms with Gasteiger partial charge in [0.25, 0.3) is 0 Å². The third-order valence-corrected chi connectivity index (χ3v) is 4.24. The number of anilines is 1. The monoisotopic (exact) mass is 358 g/mol. The van der Waals surface area contributed by atoms with Crippen LogP contribution in [0.4, 0.5) is 11.4 Å². The molecule has 1 aromatic rings. The van der Waals surface area contributed by atoms with E-state index in [0.29, 0.717) is 24.3 Å². The van der Waals surface area contributed by atoms with Crippen LogP contribution < -0.4 is 4.90 Å². The SMILES string of the molecule is CC(=O)/C(C=Nc1cc(C(C)=O)ccc1N1CC(C)OC(C)C1)=C(\C)O. The van der Waals surface area contributed by atoms with Crippen molar-refractivity contribution in [1.29, 1.82) is 0 Å². The molecule has 0 aliphatic carbocycles. The number of hydrogen-bond acceptors (Lipinski definition) is 6. The van der Waals surface area contributed by atoms with Crippen LogP contribution in [0, 0.1) is 0 Å². The number of rotatable bonds is 5. The topological polar surface area (TPSA) is 79.2 Å². The van der Waals surface area contributed by atoms with Gasteiger partial charge in [-0.15, -0.1) is 0 Å². The van der Waals surface area contributed by atoms with Crippen LogP contribution in [0.1, 0.15) is 45.0 Å². The van der Waals surface area contributed by atoms with Crippen molar-refractivity contribution in [1.82, 2.24) is 0 Å². The van der Waals surface area contributed by atoms with Crippen LogP contribution in [-0.4, -0.2) is 48.2 Å². The minimum atomic E-state index is -0.272. The van der Waals surface area contributed by atoms with Gasteiger partial charge in [0.1, 0.15) is 5.76 Å². The van der Waals surface area contributed by atoms with Crippen LogP contribution in [0.2, 0.25) is 0 Å². The second-order valence-corrected chi connectivity index (χ2v) is 6.74. The van der Waals surface area contributed by atoms with Crippen LogP contribution in [0.3, 0.4) is 0 Å². The van der Waals surface area contributed by atoms with Crippen molar-refractivity contribution in [3.8, 4) is 0 Å². The number of carbonyl (C=O) groups is 2. The van der Waals surface area contributed by atoms with E-state index >= 15 is 0 Å². The number of benzene rings is 1. The first-order chi connectivity index (χ1) is 12.2. The fourth-order valence-electron chi connectivity index (χ4n) is 3.06. The molecule has 1 heterocycles. The Balaban J connectivity index is 2.47. The molecule has 0 bridgehead atoms. The third kappa shape index (κ3) is 4.79. The molecular formula is C20H26N2O4. The number of morpholine rings is 1. The normalized spacial score (nSPS) is 21.7. The summed E-state index contributed by atoms with van der Waals surface area (Å²) in [5.74, 6) is -0.414. The van der Waals surface area contributed by atoms with Gasteiger partial charge >= 0.3 is 0 Å². The van der Waals surface area contributed by atoms with Gasteiger partial charge in [-0.05, 0) is 52.8 Å². The van der Waals surface area contributed by atoms with E-state index in [2.05, 4.69) is 9.89 Å². The molecule has 0 saturated carbocycles. The molecule has 140 valence electrons. The van der Waals surface area contributed by atoms with E-state index in [1.54, 1.807) is 12.1 Å². The predicted octanol–water partition coefficient (Wildman–Crippen LogP) is 3.63. The molecule has 0 spiro atoms. The lowest BCUT2D eigenvalue weighted by Gasteiger charge is -2.37. The summed E-state index contributed by atoms with van der Waals surface area (Å²) < 4.78 is 5.78. The molecule has 2 rings (SSSR count). The molecule has 2 atom stereocenters. The Hall–Kier alpha value is -2.47. The molecule has 0 amide bonds. The molecule has 6 heteroatoms. The Kier molecular flexibility index (Phi) is 6.32. The number of aliphatic hydroxyl groups excluding tert-OH is 1. The fraction of sp³-hybridized carbons (Fsp3) is 0.450. The highest BCUT2D eigenvalue weighted by Crippen LogP contribution is 2.32. The zero-order valence-electron chi connectivity index (χ0n) is 15.9. The molecule has 26 heavy (non-hydrogen) atoms. The van der Waals surface area contributed by atoms with Crippen LogP contribution in [-0.2, 0) is 9.53 Å². The maximum absolute atomic E-state index is 11.8. The van der Waals surface area contributed by atoms with Gasteiger partial charge in [-0.2, -0.15) is 0 Å². The van der Waals surface area contributed by atoms with Gasteiger partial charge in [0.15, 0.2) is 11.6 Å². The molecule has 1 aromatic carbocycles. The smallest absolute Gasteiger partial charge is 0.164 e. The molecule has 6 nitrogen and oxygen atoms in total. The van der Waals surface area contributed by atoms with Crippen molar-refractivity contribution in [2.75, 3.05) is 18.0 Å². The standard InChI is InChI=1S/C20H26N2O4/c1-12-10-22(11-13(2)26-12)20-7-6-17(14(3)23)8-19(20)21-9-18(15(4)24)16(5)25/h6-9,12-13,24H,10-11H2,1-5H3/b18-15+,21-9?. The van der Waals surface area contributed by atoms with Crippen molar-refractivity contribution in [2.45, 2.75) is 46.8 Å². The van der Waals surface area contributed by atoms with Gasteiger partial charge in [-0.25, -0.2) is 0 Å². The second kappa shape index (κ2) is 8.27. The molecule has 0 aromatic heterocycles. The van der Waals surface area contributed by atoms with E-state index in [4.69, 9.17) is 4.74 Å². The lowest BCUT2D eigenvalue weighted by Crippen LogP contribution is -2.45. The maximum atomic E-state index is 11.8. The molecule has 1 fully saturated rings. The summed E-state index contributed by atoms with van der Waals surface area (Å²) >= 11 is 0. The zero-order valence-corrected chi connectivity index (χ0v) is 15.9. The Morgan fingerprint density at radius 1 is 1.19 bits per heavy atom. The van der Waals surface area contributed by atoms with Gasteiger partial charge in [0.2, 0.25) is 0 Å². The van der Waals surface area contributed by atoms with Crippen LogP contribution in [0.25, 0.3) is 0 Å². The number of aliphatic imine (C=N–C) groups is 1. The van der Waals surface area contributed by atoms with Crippen molar-refractivity contribution < 1.29 is 19.4 Å². The summed E-state index contributed by atoms with van der Waals surface area (Å²) in [6, 6.07) is 5.36. The van der Waals surface area contributed by atoms with Gasteiger partial charge in [-0.3, -0.25) is 14.6 Å². The second-order valence-electron chi connectivity index (χ2n) is 6.74. The van der Waals surface area contributed by atoms with E-state index in [1.807, 2.05) is 19.9 Å². The molecule has 2 unspecified atom stereocenters. The predicted molar refractivity (Wildman–Crippen MR) is 103 cm³/mol. The lowest BCUT2D eigenvalue weighted by molar-refractivity contribution is -0.113. The van der Waals surface area contributed by atoms with Crippen LogP contribution in [0.15, 0.2) is 34.5 Å². The molecule has 1 aliphatic rings. The van der Waals surface area contributed by atoms with Crippen molar-refractivity contribution in [3.63, 3.8) is 0 Å².